The van der Waals surface area contributed by atoms with Crippen LogP contribution in [0.3, 0.4) is 0 Å². The average Bonchev–Trinajstić information content (AvgIpc) is 2.35. The molecule has 1 rings (SSSR count). The summed E-state index contributed by atoms with van der Waals surface area (Å²) in [6.07, 6.45) is 2.02. The summed E-state index contributed by atoms with van der Waals surface area (Å²) in [7, 11) is 1.43. The predicted molar refractivity (Wildman–Crippen MR) is 75.7 cm³/mol. The number of anilines is 1. The second kappa shape index (κ2) is 5.95. The van der Waals surface area contributed by atoms with Crippen LogP contribution in [0.15, 0.2) is 18.2 Å². The van der Waals surface area contributed by atoms with Crippen LogP contribution in [0.25, 0.3) is 0 Å². The number of methoxy groups -OCH3 is 1. The Balaban J connectivity index is 2.99. The molecule has 0 saturated carbocycles. The molecule has 0 radical (unpaired) electrons. The Bertz CT molecular complexity index is 435. The Morgan fingerprint density at radius 2 is 2.17 bits per heavy atom. The maximum Gasteiger partial charge on any atom is 0.333 e. The predicted octanol–water partition coefficient (Wildman–Crippen LogP) is 3.16. The number of ether oxygens (including phenoxy) is 1. The molecule has 5 nitrogen and oxygen atoms in total. The quantitative estimate of drug-likeness (QED) is 0.635. The Labute approximate surface area is 111 Å². The molecule has 100 valence electrons. The molecular formula is C12H18N2O3S. The summed E-state index contributed by atoms with van der Waals surface area (Å²) in [6, 6.07) is 5.01. The van der Waals surface area contributed by atoms with E-state index in [0.29, 0.717) is 12.2 Å². The molecule has 0 spiro atoms. The summed E-state index contributed by atoms with van der Waals surface area (Å²) in [5.74, 6) is 0.270. The van der Waals surface area contributed by atoms with E-state index in [4.69, 9.17) is 4.74 Å². The molecule has 0 atom stereocenters. The fraction of sp³-hybridized carbons (Fsp3) is 0.500. The number of nitrogens with one attached hydrogen (secondary N) is 1. The van der Waals surface area contributed by atoms with Crippen LogP contribution in [0.2, 0.25) is 0 Å². The van der Waals surface area contributed by atoms with Crippen molar-refractivity contribution in [3.63, 3.8) is 0 Å². The lowest BCUT2D eigenvalue weighted by atomic mass is 10.2. The van der Waals surface area contributed by atoms with Gasteiger partial charge >= 0.3 is 5.69 Å². The summed E-state index contributed by atoms with van der Waals surface area (Å²) in [5.41, 5.74) is 0.471. The molecular weight excluding hydrogens is 252 g/mol. The molecule has 1 N–H and O–H groups in total. The van der Waals surface area contributed by atoms with Crippen molar-refractivity contribution < 1.29 is 9.66 Å². The molecule has 1 aromatic rings. The van der Waals surface area contributed by atoms with Crippen molar-refractivity contribution in [2.24, 2.45) is 0 Å². The first-order chi connectivity index (χ1) is 8.41. The number of thioether (sulfide) groups is 1. The molecule has 0 heterocycles. The van der Waals surface area contributed by atoms with Gasteiger partial charge in [0.25, 0.3) is 0 Å². The second-order valence-electron chi connectivity index (χ2n) is 4.43. The number of nitro benzene ring substituents is 1. The van der Waals surface area contributed by atoms with Crippen molar-refractivity contribution in [2.75, 3.05) is 25.2 Å². The first-order valence-corrected chi connectivity index (χ1v) is 6.74. The third-order valence-electron chi connectivity index (χ3n) is 2.66. The van der Waals surface area contributed by atoms with Crippen LogP contribution in [-0.4, -0.2) is 29.6 Å². The third-order valence-corrected chi connectivity index (χ3v) is 3.91. The molecule has 0 saturated heterocycles. The minimum absolute atomic E-state index is 0.0109. The normalized spacial score (nSPS) is 11.1. The van der Waals surface area contributed by atoms with Gasteiger partial charge in [-0.25, -0.2) is 0 Å². The molecule has 6 heteroatoms. The summed E-state index contributed by atoms with van der Waals surface area (Å²) in [5, 5.41) is 14.2. The Morgan fingerprint density at radius 3 is 2.67 bits per heavy atom. The molecule has 0 fully saturated rings. The highest BCUT2D eigenvalue weighted by molar-refractivity contribution is 7.99. The van der Waals surface area contributed by atoms with Crippen molar-refractivity contribution in [3.05, 3.63) is 28.3 Å². The zero-order valence-corrected chi connectivity index (χ0v) is 11.8. The second-order valence-corrected chi connectivity index (χ2v) is 5.94. The Morgan fingerprint density at radius 1 is 1.50 bits per heavy atom. The number of benzene rings is 1. The molecule has 0 bridgehead atoms. The largest absolute Gasteiger partial charge is 0.490 e. The summed E-state index contributed by atoms with van der Waals surface area (Å²) in [6.45, 7) is 4.80. The van der Waals surface area contributed by atoms with Crippen LogP contribution >= 0.6 is 11.8 Å². The fourth-order valence-electron chi connectivity index (χ4n) is 1.40. The number of nitro groups is 1. The van der Waals surface area contributed by atoms with Gasteiger partial charge in [-0.15, -0.1) is 0 Å². The number of hydrogen-bond donors (Lipinski definition) is 1. The Kier molecular flexibility index (Phi) is 4.84. The van der Waals surface area contributed by atoms with Crippen molar-refractivity contribution in [3.8, 4) is 5.75 Å². The summed E-state index contributed by atoms with van der Waals surface area (Å²) < 4.78 is 5.03. The van der Waals surface area contributed by atoms with E-state index in [1.165, 1.54) is 7.11 Å². The van der Waals surface area contributed by atoms with Crippen molar-refractivity contribution >= 4 is 23.1 Å². The van der Waals surface area contributed by atoms with Crippen molar-refractivity contribution in [1.29, 1.82) is 0 Å². The van der Waals surface area contributed by atoms with Gasteiger partial charge < -0.3 is 10.1 Å². The van der Waals surface area contributed by atoms with E-state index in [2.05, 4.69) is 19.2 Å². The molecule has 0 amide bonds. The zero-order valence-electron chi connectivity index (χ0n) is 11.0. The number of para-hydroxylation sites is 1. The minimum Gasteiger partial charge on any atom is -0.490 e. The van der Waals surface area contributed by atoms with E-state index >= 15 is 0 Å². The van der Waals surface area contributed by atoms with Gasteiger partial charge in [-0.05, 0) is 32.2 Å². The van der Waals surface area contributed by atoms with E-state index in [9.17, 15) is 10.1 Å². The van der Waals surface area contributed by atoms with Gasteiger partial charge in [0.1, 0.15) is 5.69 Å². The molecule has 0 aliphatic rings. The molecule has 0 aliphatic carbocycles. The topological polar surface area (TPSA) is 64.4 Å². The van der Waals surface area contributed by atoms with Crippen LogP contribution in [0, 0.1) is 10.1 Å². The Hall–Kier alpha value is -1.43. The van der Waals surface area contributed by atoms with Gasteiger partial charge in [0.05, 0.1) is 12.0 Å². The SMILES string of the molecule is COc1cccc(NCC(C)(C)SC)c1[N+](=O)[O-]. The van der Waals surface area contributed by atoms with Crippen LogP contribution in [0.4, 0.5) is 11.4 Å². The highest BCUT2D eigenvalue weighted by atomic mass is 32.2. The lowest BCUT2D eigenvalue weighted by Crippen LogP contribution is -2.26. The van der Waals surface area contributed by atoms with E-state index in [1.54, 1.807) is 30.0 Å². The highest BCUT2D eigenvalue weighted by Crippen LogP contribution is 2.35. The van der Waals surface area contributed by atoms with Gasteiger partial charge in [0.15, 0.2) is 5.75 Å². The smallest absolute Gasteiger partial charge is 0.333 e. The molecule has 18 heavy (non-hydrogen) atoms. The molecule has 1 aromatic carbocycles. The highest BCUT2D eigenvalue weighted by Gasteiger charge is 2.22. The first-order valence-electron chi connectivity index (χ1n) is 5.51. The van der Waals surface area contributed by atoms with Gasteiger partial charge in [0, 0.05) is 11.3 Å². The standard InChI is InChI=1S/C12H18N2O3S/c1-12(2,18-4)8-13-9-6-5-7-10(17-3)11(9)14(15)16/h5-7,13H,8H2,1-4H3. The van der Waals surface area contributed by atoms with Crippen LogP contribution < -0.4 is 10.1 Å². The van der Waals surface area contributed by atoms with Gasteiger partial charge in [0.2, 0.25) is 0 Å². The van der Waals surface area contributed by atoms with Gasteiger partial charge in [-0.1, -0.05) is 6.07 Å². The average molecular weight is 270 g/mol. The minimum atomic E-state index is -0.423. The van der Waals surface area contributed by atoms with Crippen molar-refractivity contribution in [2.45, 2.75) is 18.6 Å². The van der Waals surface area contributed by atoms with Gasteiger partial charge in [-0.3, -0.25) is 10.1 Å². The van der Waals surface area contributed by atoms with E-state index in [1.807, 2.05) is 6.26 Å². The maximum absolute atomic E-state index is 11.1. The monoisotopic (exact) mass is 270 g/mol. The molecule has 0 aliphatic heterocycles. The van der Waals surface area contributed by atoms with Crippen LogP contribution in [0.1, 0.15) is 13.8 Å². The van der Waals surface area contributed by atoms with Crippen LogP contribution in [0.5, 0.6) is 5.75 Å². The van der Waals surface area contributed by atoms with Crippen LogP contribution in [-0.2, 0) is 0 Å². The number of rotatable bonds is 6. The van der Waals surface area contributed by atoms with Gasteiger partial charge in [-0.2, -0.15) is 11.8 Å². The van der Waals surface area contributed by atoms with E-state index in [-0.39, 0.29) is 16.2 Å². The molecule has 0 aromatic heterocycles. The zero-order chi connectivity index (χ0) is 13.8. The number of nitrogens with zero attached hydrogens (tertiary/aromatic N) is 1. The summed E-state index contributed by atoms with van der Waals surface area (Å²) >= 11 is 1.71. The lowest BCUT2D eigenvalue weighted by molar-refractivity contribution is -0.384. The van der Waals surface area contributed by atoms with E-state index in [0.717, 1.165) is 0 Å². The van der Waals surface area contributed by atoms with Crippen molar-refractivity contribution in [1.82, 2.24) is 0 Å². The maximum atomic E-state index is 11.1. The number of hydrogen-bond acceptors (Lipinski definition) is 5. The summed E-state index contributed by atoms with van der Waals surface area (Å²) in [4.78, 5) is 10.7. The van der Waals surface area contributed by atoms with E-state index < -0.39 is 4.92 Å². The lowest BCUT2D eigenvalue weighted by Gasteiger charge is -2.23. The fourth-order valence-corrected chi connectivity index (χ4v) is 1.61. The first kappa shape index (κ1) is 14.6. The third kappa shape index (κ3) is 3.53. The molecule has 0 unspecified atom stereocenters.